The van der Waals surface area contributed by atoms with Crippen LogP contribution in [-0.2, 0) is 4.74 Å². The van der Waals surface area contributed by atoms with Crippen molar-refractivity contribution in [2.75, 3.05) is 19.7 Å². The molecule has 3 heterocycles. The average molecular weight is 371 g/mol. The van der Waals surface area contributed by atoms with Gasteiger partial charge >= 0.3 is 6.09 Å². The van der Waals surface area contributed by atoms with Crippen LogP contribution in [-0.4, -0.2) is 65.7 Å². The van der Waals surface area contributed by atoms with E-state index < -0.39 is 0 Å². The maximum atomic E-state index is 12.4. The van der Waals surface area contributed by atoms with Crippen LogP contribution in [0, 0.1) is 0 Å². The van der Waals surface area contributed by atoms with Gasteiger partial charge in [-0.2, -0.15) is 0 Å². The van der Waals surface area contributed by atoms with E-state index in [0.29, 0.717) is 24.7 Å². The highest BCUT2D eigenvalue weighted by Crippen LogP contribution is 2.38. The lowest BCUT2D eigenvalue weighted by Crippen LogP contribution is -2.52. The number of rotatable bonds is 4. The number of fused-ring (bicyclic) bond motifs is 2. The average Bonchev–Trinajstić information content (AvgIpc) is 3.25. The largest absolute Gasteiger partial charge is 0.450 e. The van der Waals surface area contributed by atoms with E-state index in [-0.39, 0.29) is 18.0 Å². The Balaban J connectivity index is 1.31. The summed E-state index contributed by atoms with van der Waals surface area (Å²) in [6.07, 6.45) is 5.07. The molecule has 3 aliphatic heterocycles. The van der Waals surface area contributed by atoms with Crippen LogP contribution in [0.2, 0.25) is 0 Å². The minimum Gasteiger partial charge on any atom is -0.450 e. The van der Waals surface area contributed by atoms with Gasteiger partial charge in [0.1, 0.15) is 0 Å². The molecule has 6 heteroatoms. The van der Waals surface area contributed by atoms with E-state index in [4.69, 9.17) is 4.74 Å². The van der Waals surface area contributed by atoms with Crippen LogP contribution < -0.4 is 5.32 Å². The highest BCUT2D eigenvalue weighted by atomic mass is 16.6. The van der Waals surface area contributed by atoms with Crippen molar-refractivity contribution in [3.63, 3.8) is 0 Å². The molecule has 2 unspecified atom stereocenters. The molecular weight excluding hydrogens is 342 g/mol. The van der Waals surface area contributed by atoms with Crippen molar-refractivity contribution in [1.82, 2.24) is 15.1 Å². The topological polar surface area (TPSA) is 61.9 Å². The zero-order valence-corrected chi connectivity index (χ0v) is 16.0. The standard InChI is InChI=1S/C21H29N3O3/c1-2-27-21(26)24-17-8-9-18(24)13-19(12-17)23-11-10-16(14-23)22-20(25)15-6-4-3-5-7-15/h3-7,16-19H,2,8-14H2,1H3,(H,22,25)/t16-,17?,18?,19?/m0/s1. The number of carbonyl (C=O) groups excluding carboxylic acids is 2. The van der Waals surface area contributed by atoms with Crippen LogP contribution in [0.15, 0.2) is 30.3 Å². The Hall–Kier alpha value is -2.08. The maximum Gasteiger partial charge on any atom is 0.410 e. The second-order valence-electron chi connectivity index (χ2n) is 7.94. The molecule has 2 amide bonds. The van der Waals surface area contributed by atoms with Gasteiger partial charge in [0.05, 0.1) is 6.61 Å². The summed E-state index contributed by atoms with van der Waals surface area (Å²) in [5.41, 5.74) is 0.719. The first-order valence-electron chi connectivity index (χ1n) is 10.2. The number of piperidine rings is 1. The van der Waals surface area contributed by atoms with Crippen molar-refractivity contribution in [2.45, 2.75) is 63.2 Å². The van der Waals surface area contributed by atoms with Gasteiger partial charge in [0.2, 0.25) is 0 Å². The Bertz CT molecular complexity index is 667. The first-order chi connectivity index (χ1) is 13.2. The molecule has 3 fully saturated rings. The van der Waals surface area contributed by atoms with Gasteiger partial charge in [-0.15, -0.1) is 0 Å². The minimum absolute atomic E-state index is 0.0136. The second-order valence-corrected chi connectivity index (χ2v) is 7.94. The fourth-order valence-corrected chi connectivity index (χ4v) is 5.04. The first-order valence-corrected chi connectivity index (χ1v) is 10.2. The molecule has 0 aromatic heterocycles. The van der Waals surface area contributed by atoms with E-state index in [1.807, 2.05) is 42.2 Å². The third kappa shape index (κ3) is 3.81. The summed E-state index contributed by atoms with van der Waals surface area (Å²) in [5.74, 6) is 0.0136. The number of carbonyl (C=O) groups is 2. The Morgan fingerprint density at radius 2 is 1.78 bits per heavy atom. The van der Waals surface area contributed by atoms with Gasteiger partial charge in [0.25, 0.3) is 5.91 Å². The van der Waals surface area contributed by atoms with Crippen LogP contribution in [0.4, 0.5) is 4.79 Å². The fraction of sp³-hybridized carbons (Fsp3) is 0.619. The zero-order chi connectivity index (χ0) is 18.8. The molecule has 0 aliphatic carbocycles. The predicted octanol–water partition coefficient (Wildman–Crippen LogP) is 2.64. The predicted molar refractivity (Wildman–Crippen MR) is 103 cm³/mol. The summed E-state index contributed by atoms with van der Waals surface area (Å²) < 4.78 is 5.25. The van der Waals surface area contributed by atoms with Crippen molar-refractivity contribution in [3.05, 3.63) is 35.9 Å². The van der Waals surface area contributed by atoms with E-state index in [9.17, 15) is 9.59 Å². The minimum atomic E-state index is -0.141. The molecule has 3 aliphatic rings. The van der Waals surface area contributed by atoms with Crippen LogP contribution in [0.25, 0.3) is 0 Å². The van der Waals surface area contributed by atoms with Crippen LogP contribution in [0.5, 0.6) is 0 Å². The number of nitrogens with one attached hydrogen (secondary N) is 1. The van der Waals surface area contributed by atoms with Gasteiger partial charge in [-0.3, -0.25) is 9.69 Å². The quantitative estimate of drug-likeness (QED) is 0.884. The molecule has 0 spiro atoms. The molecule has 1 aromatic rings. The molecule has 0 radical (unpaired) electrons. The molecule has 3 atom stereocenters. The first kappa shape index (κ1) is 18.3. The van der Waals surface area contributed by atoms with Gasteiger partial charge in [-0.25, -0.2) is 4.79 Å². The lowest BCUT2D eigenvalue weighted by Gasteiger charge is -2.41. The molecule has 0 saturated carbocycles. The van der Waals surface area contributed by atoms with Crippen molar-refractivity contribution in [3.8, 4) is 0 Å². The summed E-state index contributed by atoms with van der Waals surface area (Å²) in [7, 11) is 0. The van der Waals surface area contributed by atoms with Crippen LogP contribution in [0.3, 0.4) is 0 Å². The number of benzene rings is 1. The Labute approximate surface area is 160 Å². The van der Waals surface area contributed by atoms with Gasteiger partial charge < -0.3 is 15.0 Å². The highest BCUT2D eigenvalue weighted by Gasteiger charge is 2.46. The van der Waals surface area contributed by atoms with Crippen LogP contribution in [0.1, 0.15) is 49.4 Å². The van der Waals surface area contributed by atoms with Gasteiger partial charge in [-0.05, 0) is 51.2 Å². The summed E-state index contributed by atoms with van der Waals surface area (Å²) in [5, 5.41) is 3.18. The Morgan fingerprint density at radius 3 is 2.44 bits per heavy atom. The molecular formula is C21H29N3O3. The van der Waals surface area contributed by atoms with Gasteiger partial charge in [0, 0.05) is 42.8 Å². The number of ether oxygens (including phenoxy) is 1. The molecule has 1 aromatic carbocycles. The summed E-state index contributed by atoms with van der Waals surface area (Å²) >= 11 is 0. The Kier molecular flexibility index (Phi) is 5.34. The fourth-order valence-electron chi connectivity index (χ4n) is 5.04. The molecule has 2 bridgehead atoms. The van der Waals surface area contributed by atoms with Crippen LogP contribution >= 0.6 is 0 Å². The second kappa shape index (κ2) is 7.89. The van der Waals surface area contributed by atoms with E-state index in [0.717, 1.165) is 50.8 Å². The van der Waals surface area contributed by atoms with Gasteiger partial charge in [0.15, 0.2) is 0 Å². The number of nitrogens with zero attached hydrogens (tertiary/aromatic N) is 2. The summed E-state index contributed by atoms with van der Waals surface area (Å²) in [6, 6.07) is 10.7. The number of amides is 2. The van der Waals surface area contributed by atoms with Crippen molar-refractivity contribution in [1.29, 1.82) is 0 Å². The van der Waals surface area contributed by atoms with Crippen molar-refractivity contribution < 1.29 is 14.3 Å². The maximum absolute atomic E-state index is 12.4. The van der Waals surface area contributed by atoms with E-state index >= 15 is 0 Å². The highest BCUT2D eigenvalue weighted by molar-refractivity contribution is 5.94. The molecule has 3 saturated heterocycles. The lowest BCUT2D eigenvalue weighted by atomic mass is 9.96. The van der Waals surface area contributed by atoms with E-state index in [2.05, 4.69) is 10.2 Å². The lowest BCUT2D eigenvalue weighted by molar-refractivity contribution is 0.0462. The van der Waals surface area contributed by atoms with Crippen molar-refractivity contribution in [2.24, 2.45) is 0 Å². The number of hydrogen-bond donors (Lipinski definition) is 1. The van der Waals surface area contributed by atoms with Gasteiger partial charge in [-0.1, -0.05) is 18.2 Å². The Morgan fingerprint density at radius 1 is 1.07 bits per heavy atom. The summed E-state index contributed by atoms with van der Waals surface area (Å²) in [4.78, 5) is 29.1. The molecule has 146 valence electrons. The number of likely N-dealkylation sites (tertiary alicyclic amines) is 1. The summed E-state index contributed by atoms with van der Waals surface area (Å²) in [6.45, 7) is 4.22. The monoisotopic (exact) mass is 371 g/mol. The molecule has 27 heavy (non-hydrogen) atoms. The normalized spacial score (nSPS) is 30.3. The molecule has 6 nitrogen and oxygen atoms in total. The molecule has 1 N–H and O–H groups in total. The SMILES string of the molecule is CCOC(=O)N1C2CCC1CC(N1CC[C@H](NC(=O)c3ccccc3)C1)C2. The number of hydrogen-bond acceptors (Lipinski definition) is 4. The molecule has 4 rings (SSSR count). The van der Waals surface area contributed by atoms with E-state index in [1.165, 1.54) is 0 Å². The zero-order valence-electron chi connectivity index (χ0n) is 16.0. The smallest absolute Gasteiger partial charge is 0.410 e. The van der Waals surface area contributed by atoms with E-state index in [1.54, 1.807) is 0 Å². The third-order valence-corrected chi connectivity index (χ3v) is 6.29. The van der Waals surface area contributed by atoms with Crippen molar-refractivity contribution >= 4 is 12.0 Å². The third-order valence-electron chi connectivity index (χ3n) is 6.29.